The van der Waals surface area contributed by atoms with Gasteiger partial charge in [-0.05, 0) is 73.5 Å². The quantitative estimate of drug-likeness (QED) is 0.682. The molecule has 20 heavy (non-hydrogen) atoms. The van der Waals surface area contributed by atoms with E-state index in [0.29, 0.717) is 5.54 Å². The van der Waals surface area contributed by atoms with Crippen LogP contribution in [0.3, 0.4) is 0 Å². The van der Waals surface area contributed by atoms with Gasteiger partial charge in [0.05, 0.1) is 5.54 Å². The van der Waals surface area contributed by atoms with Crippen LogP contribution in [0.25, 0.3) is 0 Å². The highest BCUT2D eigenvalue weighted by atomic mass is 15.3. The Balaban J connectivity index is 0. The van der Waals surface area contributed by atoms with Crippen molar-refractivity contribution in [3.8, 4) is 0 Å². The molecule has 0 bridgehead atoms. The van der Waals surface area contributed by atoms with Crippen molar-refractivity contribution in [1.29, 1.82) is 0 Å². The predicted octanol–water partition coefficient (Wildman–Crippen LogP) is 4.79. The van der Waals surface area contributed by atoms with E-state index in [1.807, 2.05) is 16.9 Å². The Bertz CT molecular complexity index is 322. The smallest absolute Gasteiger partial charge is 0.0543 e. The Labute approximate surface area is 127 Å². The molecule has 0 spiro atoms. The molecule has 0 atom stereocenters. The third-order valence-electron chi connectivity index (χ3n) is 3.25. The van der Waals surface area contributed by atoms with Crippen LogP contribution in [-0.4, -0.2) is 33.3 Å². The number of hydrogen-bond acceptors (Lipinski definition) is 2. The van der Waals surface area contributed by atoms with Gasteiger partial charge >= 0.3 is 0 Å². The molecule has 0 N–H and O–H groups in total. The van der Waals surface area contributed by atoms with Crippen LogP contribution in [0.5, 0.6) is 0 Å². The first-order chi connectivity index (χ1) is 8.21. The molecule has 3 heteroatoms. The van der Waals surface area contributed by atoms with E-state index in [-0.39, 0.29) is 20.4 Å². The lowest BCUT2D eigenvalue weighted by atomic mass is 10.1. The van der Waals surface area contributed by atoms with Crippen LogP contribution in [0, 0.1) is 0 Å². The Kier molecular flexibility index (Phi) is 9.08. The lowest BCUT2D eigenvalue weighted by Gasteiger charge is -2.31. The first kappa shape index (κ1) is 21.5. The van der Waals surface area contributed by atoms with E-state index in [1.54, 1.807) is 6.20 Å². The topological polar surface area (TPSA) is 21.1 Å². The van der Waals surface area contributed by atoms with Crippen molar-refractivity contribution in [3.05, 3.63) is 18.5 Å². The van der Waals surface area contributed by atoms with Crippen molar-refractivity contribution >= 4 is 0 Å². The zero-order valence-electron chi connectivity index (χ0n) is 12.9. The SMILES string of the molecule is C.C.CC(C)(C)N1CCCC1.CC(C)(C)n1cccn1. The predicted molar refractivity (Wildman–Crippen MR) is 91.2 cm³/mol. The number of aromatic nitrogens is 2. The summed E-state index contributed by atoms with van der Waals surface area (Å²) >= 11 is 0. The molecule has 2 rings (SSSR count). The Morgan fingerprint density at radius 2 is 1.35 bits per heavy atom. The number of hydrogen-bond donors (Lipinski definition) is 0. The van der Waals surface area contributed by atoms with E-state index in [9.17, 15) is 0 Å². The van der Waals surface area contributed by atoms with Crippen molar-refractivity contribution in [2.75, 3.05) is 13.1 Å². The summed E-state index contributed by atoms with van der Waals surface area (Å²) in [6.07, 6.45) is 6.57. The van der Waals surface area contributed by atoms with Gasteiger partial charge in [0, 0.05) is 17.9 Å². The minimum Gasteiger partial charge on any atom is -0.298 e. The molecule has 1 aromatic rings. The van der Waals surface area contributed by atoms with E-state index in [1.165, 1.54) is 25.9 Å². The average Bonchev–Trinajstić information content (AvgIpc) is 2.91. The van der Waals surface area contributed by atoms with Crippen LogP contribution in [-0.2, 0) is 5.54 Å². The Hall–Kier alpha value is -0.830. The second kappa shape index (κ2) is 8.46. The van der Waals surface area contributed by atoms with Crippen molar-refractivity contribution in [1.82, 2.24) is 14.7 Å². The third kappa shape index (κ3) is 7.09. The number of likely N-dealkylation sites (tertiary alicyclic amines) is 1. The largest absolute Gasteiger partial charge is 0.298 e. The number of rotatable bonds is 0. The van der Waals surface area contributed by atoms with E-state index >= 15 is 0 Å². The summed E-state index contributed by atoms with van der Waals surface area (Å²) < 4.78 is 1.94. The van der Waals surface area contributed by atoms with Gasteiger partial charge in [-0.1, -0.05) is 14.9 Å². The van der Waals surface area contributed by atoms with E-state index in [0.717, 1.165) is 0 Å². The lowest BCUT2D eigenvalue weighted by molar-refractivity contribution is 0.175. The lowest BCUT2D eigenvalue weighted by Crippen LogP contribution is -2.38. The molecule has 0 aromatic carbocycles. The third-order valence-corrected chi connectivity index (χ3v) is 3.25. The van der Waals surface area contributed by atoms with E-state index in [4.69, 9.17) is 0 Å². The summed E-state index contributed by atoms with van der Waals surface area (Å²) in [6, 6.07) is 1.94. The van der Waals surface area contributed by atoms with Crippen LogP contribution in [0.2, 0.25) is 0 Å². The first-order valence-corrected chi connectivity index (χ1v) is 6.96. The highest BCUT2D eigenvalue weighted by Crippen LogP contribution is 2.19. The highest BCUT2D eigenvalue weighted by Gasteiger charge is 2.23. The van der Waals surface area contributed by atoms with Crippen molar-refractivity contribution in [3.63, 3.8) is 0 Å². The Morgan fingerprint density at radius 1 is 0.850 bits per heavy atom. The second-order valence-electron chi connectivity index (χ2n) is 6.99. The summed E-state index contributed by atoms with van der Waals surface area (Å²) in [5.74, 6) is 0. The van der Waals surface area contributed by atoms with Crippen LogP contribution in [0.15, 0.2) is 18.5 Å². The standard InChI is InChI=1S/C8H17N.C7H12N2.2CH4/c1-8(2,3)9-6-4-5-7-9;1-7(2,3)9-6-4-5-8-9;;/h4-7H2,1-3H3;4-6H,1-3H3;2*1H4. The van der Waals surface area contributed by atoms with Crippen molar-refractivity contribution < 1.29 is 0 Å². The minimum atomic E-state index is 0. The zero-order chi connectivity index (χ0) is 13.8. The molecule has 1 fully saturated rings. The molecule has 1 saturated heterocycles. The number of nitrogens with zero attached hydrogens (tertiary/aromatic N) is 3. The second-order valence-corrected chi connectivity index (χ2v) is 6.99. The van der Waals surface area contributed by atoms with Crippen LogP contribution < -0.4 is 0 Å². The zero-order valence-corrected chi connectivity index (χ0v) is 12.9. The molecule has 3 nitrogen and oxygen atoms in total. The van der Waals surface area contributed by atoms with Crippen molar-refractivity contribution in [2.45, 2.75) is 80.3 Å². The average molecular weight is 284 g/mol. The monoisotopic (exact) mass is 283 g/mol. The molecule has 1 aliphatic heterocycles. The molecule has 120 valence electrons. The summed E-state index contributed by atoms with van der Waals surface area (Å²) in [5, 5.41) is 4.10. The van der Waals surface area contributed by atoms with Gasteiger partial charge in [-0.3, -0.25) is 9.58 Å². The molecule has 0 aliphatic carbocycles. The molecule has 0 unspecified atom stereocenters. The normalized spacial score (nSPS) is 15.7. The highest BCUT2D eigenvalue weighted by molar-refractivity contribution is 4.83. The fraction of sp³-hybridized carbons (Fsp3) is 0.824. The molecule has 1 aliphatic rings. The van der Waals surface area contributed by atoms with Gasteiger partial charge in [-0.2, -0.15) is 5.10 Å². The van der Waals surface area contributed by atoms with Gasteiger partial charge in [0.1, 0.15) is 0 Å². The maximum absolute atomic E-state index is 4.10. The Morgan fingerprint density at radius 3 is 1.55 bits per heavy atom. The van der Waals surface area contributed by atoms with E-state index < -0.39 is 0 Å². The first-order valence-electron chi connectivity index (χ1n) is 6.96. The molecule has 1 aromatic heterocycles. The molecule has 0 saturated carbocycles. The minimum absolute atomic E-state index is 0. The van der Waals surface area contributed by atoms with Gasteiger partial charge in [0.25, 0.3) is 0 Å². The molecular formula is C17H37N3. The van der Waals surface area contributed by atoms with Gasteiger partial charge in [-0.15, -0.1) is 0 Å². The van der Waals surface area contributed by atoms with Gasteiger partial charge in [0.2, 0.25) is 0 Å². The molecule has 0 radical (unpaired) electrons. The molecular weight excluding hydrogens is 246 g/mol. The summed E-state index contributed by atoms with van der Waals surface area (Å²) in [6.45, 7) is 15.9. The van der Waals surface area contributed by atoms with Crippen molar-refractivity contribution in [2.24, 2.45) is 0 Å². The van der Waals surface area contributed by atoms with E-state index in [2.05, 4.69) is 51.5 Å². The maximum atomic E-state index is 4.10. The van der Waals surface area contributed by atoms with Crippen LogP contribution in [0.1, 0.15) is 69.2 Å². The van der Waals surface area contributed by atoms with Gasteiger partial charge in [-0.25, -0.2) is 0 Å². The summed E-state index contributed by atoms with van der Waals surface area (Å²) in [5.41, 5.74) is 0.542. The van der Waals surface area contributed by atoms with Crippen LogP contribution >= 0.6 is 0 Å². The van der Waals surface area contributed by atoms with Gasteiger partial charge < -0.3 is 0 Å². The fourth-order valence-corrected chi connectivity index (χ4v) is 2.05. The van der Waals surface area contributed by atoms with Gasteiger partial charge in [0.15, 0.2) is 0 Å². The molecule has 0 amide bonds. The van der Waals surface area contributed by atoms with Crippen LogP contribution in [0.4, 0.5) is 0 Å². The summed E-state index contributed by atoms with van der Waals surface area (Å²) in [7, 11) is 0. The fourth-order valence-electron chi connectivity index (χ4n) is 2.05. The maximum Gasteiger partial charge on any atom is 0.0543 e. The summed E-state index contributed by atoms with van der Waals surface area (Å²) in [4.78, 5) is 2.55. The molecule has 2 heterocycles.